The van der Waals surface area contributed by atoms with Crippen LogP contribution in [0.15, 0.2) is 42.7 Å². The minimum atomic E-state index is -0.0651. The molecule has 0 atom stereocenters. The smallest absolute Gasteiger partial charge is 0.321 e. The summed E-state index contributed by atoms with van der Waals surface area (Å²) >= 11 is 0. The minimum absolute atomic E-state index is 0.0651. The minimum Gasteiger partial charge on any atom is -0.481 e. The molecule has 29 heavy (non-hydrogen) atoms. The highest BCUT2D eigenvalue weighted by Gasteiger charge is 2.20. The number of amides is 2. The van der Waals surface area contributed by atoms with Crippen molar-refractivity contribution in [3.8, 4) is 5.88 Å². The zero-order valence-corrected chi connectivity index (χ0v) is 16.8. The van der Waals surface area contributed by atoms with Crippen molar-refractivity contribution in [1.82, 2.24) is 24.3 Å². The van der Waals surface area contributed by atoms with Crippen molar-refractivity contribution < 1.29 is 9.53 Å². The molecule has 0 unspecified atom stereocenters. The van der Waals surface area contributed by atoms with Crippen molar-refractivity contribution in [1.29, 1.82) is 0 Å². The summed E-state index contributed by atoms with van der Waals surface area (Å²) < 4.78 is 7.20. The number of aromatic nitrogens is 3. The van der Waals surface area contributed by atoms with Crippen LogP contribution in [0.3, 0.4) is 0 Å². The first-order valence-electron chi connectivity index (χ1n) is 9.81. The topological polar surface area (TPSA) is 75.5 Å². The summed E-state index contributed by atoms with van der Waals surface area (Å²) in [4.78, 5) is 25.8. The fraction of sp³-hybridized carbons (Fsp3) is 0.381. The van der Waals surface area contributed by atoms with Crippen LogP contribution in [0.2, 0.25) is 0 Å². The van der Waals surface area contributed by atoms with Crippen molar-refractivity contribution in [2.24, 2.45) is 7.05 Å². The second-order valence-electron chi connectivity index (χ2n) is 7.26. The number of fused-ring (bicyclic) bond motifs is 1. The molecule has 0 aliphatic carbocycles. The van der Waals surface area contributed by atoms with Gasteiger partial charge in [-0.05, 0) is 30.7 Å². The van der Waals surface area contributed by atoms with Crippen LogP contribution in [0.1, 0.15) is 12.2 Å². The lowest BCUT2D eigenvalue weighted by Crippen LogP contribution is -2.38. The quantitative estimate of drug-likeness (QED) is 0.736. The number of rotatable bonds is 4. The predicted octanol–water partition coefficient (Wildman–Crippen LogP) is 2.72. The predicted molar refractivity (Wildman–Crippen MR) is 112 cm³/mol. The fourth-order valence-electron chi connectivity index (χ4n) is 3.58. The van der Waals surface area contributed by atoms with Gasteiger partial charge in [0.15, 0.2) is 0 Å². The molecule has 3 heterocycles. The molecule has 4 rings (SSSR count). The maximum Gasteiger partial charge on any atom is 0.321 e. The van der Waals surface area contributed by atoms with Crippen molar-refractivity contribution >= 4 is 22.6 Å². The van der Waals surface area contributed by atoms with E-state index in [1.165, 1.54) is 0 Å². The first kappa shape index (κ1) is 19.2. The highest BCUT2D eigenvalue weighted by Crippen LogP contribution is 2.21. The van der Waals surface area contributed by atoms with Gasteiger partial charge in [-0.25, -0.2) is 14.8 Å². The molecule has 0 saturated carbocycles. The summed E-state index contributed by atoms with van der Waals surface area (Å²) in [5, 5.41) is 3.98. The van der Waals surface area contributed by atoms with Gasteiger partial charge in [-0.2, -0.15) is 0 Å². The highest BCUT2D eigenvalue weighted by molar-refractivity contribution is 5.92. The van der Waals surface area contributed by atoms with Crippen LogP contribution in [0, 0.1) is 0 Å². The Morgan fingerprint density at radius 3 is 2.86 bits per heavy atom. The Morgan fingerprint density at radius 2 is 2.07 bits per heavy atom. The van der Waals surface area contributed by atoms with E-state index in [1.807, 2.05) is 59.2 Å². The summed E-state index contributed by atoms with van der Waals surface area (Å²) in [6.45, 7) is 4.04. The van der Waals surface area contributed by atoms with E-state index in [-0.39, 0.29) is 6.03 Å². The van der Waals surface area contributed by atoms with Gasteiger partial charge in [0, 0.05) is 62.8 Å². The number of nitrogens with zero attached hydrogens (tertiary/aromatic N) is 5. The summed E-state index contributed by atoms with van der Waals surface area (Å²) in [6.07, 6.45) is 4.73. The number of urea groups is 1. The van der Waals surface area contributed by atoms with Gasteiger partial charge in [0.2, 0.25) is 5.88 Å². The fourth-order valence-corrected chi connectivity index (χ4v) is 3.58. The van der Waals surface area contributed by atoms with E-state index in [9.17, 15) is 4.79 Å². The molecule has 1 aliphatic rings. The van der Waals surface area contributed by atoms with Gasteiger partial charge in [-0.3, -0.25) is 4.90 Å². The number of carbonyl (C=O) groups excluding carboxylic acids is 1. The van der Waals surface area contributed by atoms with Crippen LogP contribution < -0.4 is 10.1 Å². The Kier molecular flexibility index (Phi) is 5.62. The number of imidazole rings is 1. The molecule has 1 saturated heterocycles. The number of pyridine rings is 1. The molecule has 1 N–H and O–H groups in total. The molecule has 8 heteroatoms. The maximum absolute atomic E-state index is 12.8. The van der Waals surface area contributed by atoms with Crippen molar-refractivity contribution in [2.75, 3.05) is 38.6 Å². The molecule has 2 amide bonds. The SMILES string of the molecule is COc1ccc2cc(NC(=O)N3CCCN(Cc4nccn4C)CC3)ccc2n1. The van der Waals surface area contributed by atoms with Crippen LogP contribution in [0.5, 0.6) is 5.88 Å². The number of ether oxygens (including phenoxy) is 1. The lowest BCUT2D eigenvalue weighted by atomic mass is 10.2. The van der Waals surface area contributed by atoms with E-state index < -0.39 is 0 Å². The van der Waals surface area contributed by atoms with Crippen LogP contribution in [-0.4, -0.2) is 63.7 Å². The van der Waals surface area contributed by atoms with Crippen LogP contribution in [0.4, 0.5) is 10.5 Å². The largest absolute Gasteiger partial charge is 0.481 e. The maximum atomic E-state index is 12.8. The van der Waals surface area contributed by atoms with Crippen LogP contribution >= 0.6 is 0 Å². The second kappa shape index (κ2) is 8.48. The van der Waals surface area contributed by atoms with E-state index >= 15 is 0 Å². The number of hydrogen-bond donors (Lipinski definition) is 1. The van der Waals surface area contributed by atoms with Gasteiger partial charge in [0.25, 0.3) is 0 Å². The Labute approximate surface area is 170 Å². The summed E-state index contributed by atoms with van der Waals surface area (Å²) in [5.74, 6) is 1.62. The standard InChI is InChI=1S/C21H26N6O2/c1-25-11-8-22-19(25)15-26-9-3-10-27(13-12-26)21(28)23-17-5-6-18-16(14-17)4-7-20(24-18)29-2/h4-8,11,14H,3,9-10,12-13,15H2,1-2H3,(H,23,28). The lowest BCUT2D eigenvalue weighted by molar-refractivity contribution is 0.210. The van der Waals surface area contributed by atoms with E-state index in [1.54, 1.807) is 7.11 Å². The average Bonchev–Trinajstić information content (AvgIpc) is 2.99. The number of aryl methyl sites for hydroxylation is 1. The number of hydrogen-bond acceptors (Lipinski definition) is 5. The van der Waals surface area contributed by atoms with Gasteiger partial charge >= 0.3 is 6.03 Å². The summed E-state index contributed by atoms with van der Waals surface area (Å²) in [7, 11) is 3.61. The zero-order chi connectivity index (χ0) is 20.2. The molecular weight excluding hydrogens is 368 g/mol. The summed E-state index contributed by atoms with van der Waals surface area (Å²) in [6, 6.07) is 9.40. The molecule has 2 aromatic heterocycles. The van der Waals surface area contributed by atoms with Gasteiger partial charge in [0.1, 0.15) is 5.82 Å². The van der Waals surface area contributed by atoms with Gasteiger partial charge < -0.3 is 19.5 Å². The molecule has 0 spiro atoms. The molecule has 1 aliphatic heterocycles. The van der Waals surface area contributed by atoms with E-state index in [0.29, 0.717) is 12.4 Å². The van der Waals surface area contributed by atoms with E-state index in [2.05, 4.69) is 20.2 Å². The van der Waals surface area contributed by atoms with Crippen molar-refractivity contribution in [3.63, 3.8) is 0 Å². The highest BCUT2D eigenvalue weighted by atomic mass is 16.5. The molecule has 0 radical (unpaired) electrons. The molecule has 1 aromatic carbocycles. The number of carbonyl (C=O) groups is 1. The zero-order valence-electron chi connectivity index (χ0n) is 16.8. The Hall–Kier alpha value is -3.13. The Balaban J connectivity index is 1.37. The first-order chi connectivity index (χ1) is 14.1. The van der Waals surface area contributed by atoms with Crippen molar-refractivity contribution in [3.05, 3.63) is 48.5 Å². The number of methoxy groups -OCH3 is 1. The Bertz CT molecular complexity index is 1000. The van der Waals surface area contributed by atoms with Crippen LogP contribution in [-0.2, 0) is 13.6 Å². The van der Waals surface area contributed by atoms with Crippen LogP contribution in [0.25, 0.3) is 10.9 Å². The number of benzene rings is 1. The average molecular weight is 394 g/mol. The molecule has 0 bridgehead atoms. The number of anilines is 1. The van der Waals surface area contributed by atoms with E-state index in [4.69, 9.17) is 4.74 Å². The lowest BCUT2D eigenvalue weighted by Gasteiger charge is -2.22. The van der Waals surface area contributed by atoms with Gasteiger partial charge in [-0.1, -0.05) is 0 Å². The summed E-state index contributed by atoms with van der Waals surface area (Å²) in [5.41, 5.74) is 1.60. The molecule has 8 nitrogen and oxygen atoms in total. The normalized spacial score (nSPS) is 15.3. The molecule has 3 aromatic rings. The molecular formula is C21H26N6O2. The monoisotopic (exact) mass is 394 g/mol. The van der Waals surface area contributed by atoms with Gasteiger partial charge in [0.05, 0.1) is 19.2 Å². The van der Waals surface area contributed by atoms with Gasteiger partial charge in [-0.15, -0.1) is 0 Å². The first-order valence-corrected chi connectivity index (χ1v) is 9.81. The number of nitrogens with one attached hydrogen (secondary N) is 1. The Morgan fingerprint density at radius 1 is 1.17 bits per heavy atom. The third kappa shape index (κ3) is 4.48. The molecule has 1 fully saturated rings. The third-order valence-corrected chi connectivity index (χ3v) is 5.29. The molecule has 152 valence electrons. The van der Waals surface area contributed by atoms with Crippen molar-refractivity contribution in [2.45, 2.75) is 13.0 Å². The second-order valence-corrected chi connectivity index (χ2v) is 7.26. The third-order valence-electron chi connectivity index (χ3n) is 5.29. The van der Waals surface area contributed by atoms with E-state index in [0.717, 1.165) is 55.0 Å².